The number of nitro groups is 1. The van der Waals surface area contributed by atoms with Gasteiger partial charge >= 0.3 is 0 Å². The predicted octanol–water partition coefficient (Wildman–Crippen LogP) is 3.20. The Morgan fingerprint density at radius 1 is 1.36 bits per heavy atom. The Balaban J connectivity index is 1.92. The number of hydrogen-bond donors (Lipinski definition) is 1. The summed E-state index contributed by atoms with van der Waals surface area (Å²) in [6.07, 6.45) is 0.269. The monoisotopic (exact) mass is 366 g/mol. The Hall–Kier alpha value is -2.22. The van der Waals surface area contributed by atoms with Crippen molar-refractivity contribution in [3.05, 3.63) is 50.2 Å². The van der Waals surface area contributed by atoms with Crippen molar-refractivity contribution >= 4 is 33.2 Å². The molecule has 0 fully saturated rings. The van der Waals surface area contributed by atoms with Crippen LogP contribution in [0.3, 0.4) is 0 Å². The van der Waals surface area contributed by atoms with E-state index >= 15 is 0 Å². The van der Waals surface area contributed by atoms with Gasteiger partial charge in [0.1, 0.15) is 0 Å². The van der Waals surface area contributed by atoms with Gasteiger partial charge in [-0.1, -0.05) is 0 Å². The minimum absolute atomic E-state index is 0.00881. The number of hydrogen-bond acceptors (Lipinski definition) is 4. The molecule has 0 saturated carbocycles. The molecule has 0 radical (unpaired) electrons. The maximum absolute atomic E-state index is 11.9. The van der Waals surface area contributed by atoms with Gasteiger partial charge in [0.25, 0.3) is 5.69 Å². The topological polar surface area (TPSA) is 90.1 Å². The third-order valence-corrected chi connectivity index (χ3v) is 4.35. The highest BCUT2D eigenvalue weighted by molar-refractivity contribution is 9.10. The van der Waals surface area contributed by atoms with Crippen molar-refractivity contribution in [3.63, 3.8) is 0 Å². The van der Waals surface area contributed by atoms with Crippen LogP contribution in [-0.4, -0.2) is 20.6 Å². The molecular formula is C14H15BrN4O3. The lowest BCUT2D eigenvalue weighted by molar-refractivity contribution is -0.384. The summed E-state index contributed by atoms with van der Waals surface area (Å²) >= 11 is 3.44. The van der Waals surface area contributed by atoms with Crippen LogP contribution in [0.15, 0.2) is 28.7 Å². The third kappa shape index (κ3) is 3.70. The Morgan fingerprint density at radius 2 is 2.00 bits per heavy atom. The molecular weight excluding hydrogens is 352 g/mol. The van der Waals surface area contributed by atoms with Crippen molar-refractivity contribution in [2.24, 2.45) is 0 Å². The largest absolute Gasteiger partial charge is 0.326 e. The van der Waals surface area contributed by atoms with Gasteiger partial charge in [-0.2, -0.15) is 5.10 Å². The molecule has 2 aromatic rings. The highest BCUT2D eigenvalue weighted by atomic mass is 79.9. The molecule has 8 heteroatoms. The van der Waals surface area contributed by atoms with Gasteiger partial charge in [-0.25, -0.2) is 0 Å². The van der Waals surface area contributed by atoms with E-state index < -0.39 is 4.92 Å². The average molecular weight is 367 g/mol. The van der Waals surface area contributed by atoms with E-state index in [4.69, 9.17) is 0 Å². The number of aromatic nitrogens is 2. The number of rotatable bonds is 5. The number of amides is 1. The van der Waals surface area contributed by atoms with Crippen molar-refractivity contribution in [1.82, 2.24) is 9.78 Å². The summed E-state index contributed by atoms with van der Waals surface area (Å²) in [5.74, 6) is -0.169. The lowest BCUT2D eigenvalue weighted by Gasteiger charge is -2.06. The van der Waals surface area contributed by atoms with Crippen molar-refractivity contribution in [3.8, 4) is 0 Å². The summed E-state index contributed by atoms with van der Waals surface area (Å²) in [4.78, 5) is 22.0. The maximum atomic E-state index is 11.9. The highest BCUT2D eigenvalue weighted by Crippen LogP contribution is 2.20. The predicted molar refractivity (Wildman–Crippen MR) is 85.7 cm³/mol. The van der Waals surface area contributed by atoms with E-state index in [1.54, 1.807) is 4.68 Å². The second-order valence-corrected chi connectivity index (χ2v) is 5.60. The number of benzene rings is 1. The summed E-state index contributed by atoms with van der Waals surface area (Å²) in [6, 6.07) is 5.73. The SMILES string of the molecule is Cc1nn(CCC(=O)Nc2ccc([N+](=O)[O-])cc2)c(C)c1Br. The molecule has 1 amide bonds. The fourth-order valence-corrected chi connectivity index (χ4v) is 2.27. The van der Waals surface area contributed by atoms with E-state index in [1.807, 2.05) is 13.8 Å². The van der Waals surface area contributed by atoms with Crippen LogP contribution in [0, 0.1) is 24.0 Å². The van der Waals surface area contributed by atoms with Crippen LogP contribution in [0.4, 0.5) is 11.4 Å². The first kappa shape index (κ1) is 16.2. The van der Waals surface area contributed by atoms with Crippen molar-refractivity contribution < 1.29 is 9.72 Å². The molecule has 0 unspecified atom stereocenters. The van der Waals surface area contributed by atoms with Crippen LogP contribution < -0.4 is 5.32 Å². The number of nitro benzene ring substituents is 1. The minimum Gasteiger partial charge on any atom is -0.326 e. The van der Waals surface area contributed by atoms with Gasteiger partial charge in [-0.15, -0.1) is 0 Å². The summed E-state index contributed by atoms with van der Waals surface area (Å²) in [5, 5.41) is 17.6. The number of nitrogens with one attached hydrogen (secondary N) is 1. The molecule has 0 bridgehead atoms. The molecule has 2 rings (SSSR count). The molecule has 0 aliphatic rings. The van der Waals surface area contributed by atoms with Crippen LogP contribution in [0.5, 0.6) is 0 Å². The molecule has 1 aromatic carbocycles. The van der Waals surface area contributed by atoms with Gasteiger partial charge in [0, 0.05) is 29.9 Å². The van der Waals surface area contributed by atoms with Gasteiger partial charge < -0.3 is 5.32 Å². The summed E-state index contributed by atoms with van der Waals surface area (Å²) in [5.41, 5.74) is 2.38. The first-order chi connectivity index (χ1) is 10.4. The van der Waals surface area contributed by atoms with Gasteiger partial charge in [0.2, 0.25) is 5.91 Å². The minimum atomic E-state index is -0.480. The molecule has 22 heavy (non-hydrogen) atoms. The Bertz CT molecular complexity index is 710. The smallest absolute Gasteiger partial charge is 0.269 e. The number of halogens is 1. The zero-order valence-corrected chi connectivity index (χ0v) is 13.8. The number of anilines is 1. The molecule has 0 aliphatic carbocycles. The van der Waals surface area contributed by atoms with Crippen LogP contribution in [-0.2, 0) is 11.3 Å². The van der Waals surface area contributed by atoms with Crippen molar-refractivity contribution in [2.75, 3.05) is 5.32 Å². The molecule has 0 saturated heterocycles. The number of non-ortho nitro benzene ring substituents is 1. The molecule has 116 valence electrons. The lowest BCUT2D eigenvalue weighted by atomic mass is 10.2. The summed E-state index contributed by atoms with van der Waals surface area (Å²) < 4.78 is 2.72. The molecule has 0 atom stereocenters. The van der Waals surface area contributed by atoms with E-state index in [1.165, 1.54) is 24.3 Å². The second kappa shape index (κ2) is 6.69. The van der Waals surface area contributed by atoms with E-state index in [2.05, 4.69) is 26.3 Å². The van der Waals surface area contributed by atoms with Gasteiger partial charge in [0.05, 0.1) is 21.6 Å². The first-order valence-corrected chi connectivity index (χ1v) is 7.41. The van der Waals surface area contributed by atoms with E-state index in [0.717, 1.165) is 15.9 Å². The molecule has 1 heterocycles. The maximum Gasteiger partial charge on any atom is 0.269 e. The third-order valence-electron chi connectivity index (χ3n) is 3.21. The molecule has 1 N–H and O–H groups in total. The fraction of sp³-hybridized carbons (Fsp3) is 0.286. The van der Waals surface area contributed by atoms with E-state index in [9.17, 15) is 14.9 Å². The van der Waals surface area contributed by atoms with Crippen molar-refractivity contribution in [1.29, 1.82) is 0 Å². The van der Waals surface area contributed by atoms with Crippen LogP contribution >= 0.6 is 15.9 Å². The highest BCUT2D eigenvalue weighted by Gasteiger charge is 2.11. The summed E-state index contributed by atoms with van der Waals surface area (Å²) in [6.45, 7) is 4.29. The van der Waals surface area contributed by atoms with Gasteiger partial charge in [0.15, 0.2) is 0 Å². The van der Waals surface area contributed by atoms with E-state index in [-0.39, 0.29) is 18.0 Å². The van der Waals surface area contributed by atoms with Gasteiger partial charge in [-0.3, -0.25) is 19.6 Å². The molecule has 0 aliphatic heterocycles. The second-order valence-electron chi connectivity index (χ2n) is 4.81. The Labute approximate surface area is 135 Å². The fourth-order valence-electron chi connectivity index (χ4n) is 1.99. The Morgan fingerprint density at radius 3 is 2.50 bits per heavy atom. The van der Waals surface area contributed by atoms with Crippen LogP contribution in [0.25, 0.3) is 0 Å². The molecule has 7 nitrogen and oxygen atoms in total. The quantitative estimate of drug-likeness (QED) is 0.649. The van der Waals surface area contributed by atoms with Gasteiger partial charge in [-0.05, 0) is 41.9 Å². The van der Waals surface area contributed by atoms with Crippen molar-refractivity contribution in [2.45, 2.75) is 26.8 Å². The lowest BCUT2D eigenvalue weighted by Crippen LogP contribution is -2.15. The van der Waals surface area contributed by atoms with Crippen LogP contribution in [0.1, 0.15) is 17.8 Å². The van der Waals surface area contributed by atoms with Crippen LogP contribution in [0.2, 0.25) is 0 Å². The standard InChI is InChI=1S/C14H15BrN4O3/c1-9-14(15)10(2)18(17-9)8-7-13(20)16-11-3-5-12(6-4-11)19(21)22/h3-6H,7-8H2,1-2H3,(H,16,20). The molecule has 1 aromatic heterocycles. The van der Waals surface area contributed by atoms with E-state index in [0.29, 0.717) is 12.2 Å². The number of aryl methyl sites for hydroxylation is 2. The first-order valence-electron chi connectivity index (χ1n) is 6.62. The normalized spacial score (nSPS) is 10.5. The Kier molecular flexibility index (Phi) is 4.92. The zero-order chi connectivity index (χ0) is 16.3. The molecule has 0 spiro atoms. The average Bonchev–Trinajstić information content (AvgIpc) is 2.73. The summed E-state index contributed by atoms with van der Waals surface area (Å²) in [7, 11) is 0. The number of nitrogens with zero attached hydrogens (tertiary/aromatic N) is 3. The number of carbonyl (C=O) groups is 1. The number of carbonyl (C=O) groups excluding carboxylic acids is 1. The zero-order valence-electron chi connectivity index (χ0n) is 12.2.